The van der Waals surface area contributed by atoms with Crippen LogP contribution in [-0.2, 0) is 19.1 Å². The smallest absolute Gasteiger partial charge is 0.308 e. The van der Waals surface area contributed by atoms with Gasteiger partial charge in [-0.15, -0.1) is 0 Å². The van der Waals surface area contributed by atoms with Gasteiger partial charge in [-0.25, -0.2) is 0 Å². The van der Waals surface area contributed by atoms with Gasteiger partial charge in [0, 0.05) is 6.42 Å². The maximum Gasteiger partial charge on any atom is 0.308 e. The zero-order chi connectivity index (χ0) is 22.1. The molecule has 0 aliphatic rings. The Morgan fingerprint density at radius 3 is 1.66 bits per heavy atom. The maximum atomic E-state index is 12.1. The van der Waals surface area contributed by atoms with Crippen molar-refractivity contribution in [2.75, 3.05) is 13.2 Å². The molecule has 0 fully saturated rings. The lowest BCUT2D eigenvalue weighted by Gasteiger charge is -2.19. The number of hydrogen-bond donors (Lipinski definition) is 0. The van der Waals surface area contributed by atoms with E-state index in [-0.39, 0.29) is 17.9 Å². The zero-order valence-electron chi connectivity index (χ0n) is 20.1. The highest BCUT2D eigenvalue weighted by Gasteiger charge is 2.21. The first kappa shape index (κ1) is 27.9. The van der Waals surface area contributed by atoms with Gasteiger partial charge in [0.05, 0.1) is 19.1 Å². The van der Waals surface area contributed by atoms with Gasteiger partial charge in [-0.3, -0.25) is 9.59 Å². The number of rotatable bonds is 18. The SMILES string of the molecule is CC(C)CCOC(=O)CCCCCCCCCC(C)C(C)C(=O)OCCC(C)C. The zero-order valence-corrected chi connectivity index (χ0v) is 20.1. The second-order valence-corrected chi connectivity index (χ2v) is 9.53. The van der Waals surface area contributed by atoms with Crippen LogP contribution in [0.4, 0.5) is 0 Å². The molecule has 0 saturated heterocycles. The lowest BCUT2D eigenvalue weighted by molar-refractivity contribution is -0.150. The highest BCUT2D eigenvalue weighted by Crippen LogP contribution is 2.21. The first-order valence-electron chi connectivity index (χ1n) is 12.1. The van der Waals surface area contributed by atoms with E-state index in [0.717, 1.165) is 32.1 Å². The summed E-state index contributed by atoms with van der Waals surface area (Å²) in [6.07, 6.45) is 11.6. The van der Waals surface area contributed by atoms with Crippen LogP contribution in [0, 0.1) is 23.7 Å². The van der Waals surface area contributed by atoms with E-state index in [0.29, 0.717) is 37.4 Å². The Morgan fingerprint density at radius 1 is 0.621 bits per heavy atom. The average Bonchev–Trinajstić information content (AvgIpc) is 2.65. The third-order valence-corrected chi connectivity index (χ3v) is 5.66. The summed E-state index contributed by atoms with van der Waals surface area (Å²) in [5, 5.41) is 0. The largest absolute Gasteiger partial charge is 0.466 e. The normalized spacial score (nSPS) is 13.5. The van der Waals surface area contributed by atoms with Crippen LogP contribution < -0.4 is 0 Å². The van der Waals surface area contributed by atoms with Gasteiger partial charge in [-0.2, -0.15) is 0 Å². The van der Waals surface area contributed by atoms with E-state index in [2.05, 4.69) is 34.6 Å². The third kappa shape index (κ3) is 17.5. The Labute approximate surface area is 180 Å². The molecule has 0 aromatic carbocycles. The first-order chi connectivity index (χ1) is 13.7. The Morgan fingerprint density at radius 2 is 1.10 bits per heavy atom. The molecule has 172 valence electrons. The van der Waals surface area contributed by atoms with Crippen molar-refractivity contribution in [3.05, 3.63) is 0 Å². The number of carbonyl (C=O) groups excluding carboxylic acids is 2. The van der Waals surface area contributed by atoms with E-state index in [1.54, 1.807) is 0 Å². The first-order valence-corrected chi connectivity index (χ1v) is 12.1. The van der Waals surface area contributed by atoms with Crippen molar-refractivity contribution in [2.45, 2.75) is 112 Å². The molecule has 0 rings (SSSR count). The molecule has 0 aromatic rings. The van der Waals surface area contributed by atoms with Gasteiger partial charge < -0.3 is 9.47 Å². The molecule has 0 heterocycles. The van der Waals surface area contributed by atoms with Crippen LogP contribution in [0.2, 0.25) is 0 Å². The molecule has 0 amide bonds. The fourth-order valence-electron chi connectivity index (χ4n) is 3.11. The molecule has 0 N–H and O–H groups in total. The van der Waals surface area contributed by atoms with E-state index in [9.17, 15) is 9.59 Å². The second-order valence-electron chi connectivity index (χ2n) is 9.53. The Kier molecular flexibility index (Phi) is 17.1. The van der Waals surface area contributed by atoms with Gasteiger partial charge in [0.15, 0.2) is 0 Å². The van der Waals surface area contributed by atoms with Crippen molar-refractivity contribution in [3.63, 3.8) is 0 Å². The predicted octanol–water partition coefficient (Wildman–Crippen LogP) is 6.95. The maximum absolute atomic E-state index is 12.1. The van der Waals surface area contributed by atoms with Crippen molar-refractivity contribution in [1.29, 1.82) is 0 Å². The summed E-state index contributed by atoms with van der Waals surface area (Å²) in [5.74, 6) is 1.43. The Bertz CT molecular complexity index is 417. The molecular formula is C25H48O4. The minimum atomic E-state index is -0.0449. The standard InChI is InChI=1S/C25H48O4/c1-20(2)16-18-28-24(26)15-13-11-9-7-8-10-12-14-22(5)23(6)25(27)29-19-17-21(3)4/h20-23H,7-19H2,1-6H3. The lowest BCUT2D eigenvalue weighted by Crippen LogP contribution is -2.22. The fraction of sp³-hybridized carbons (Fsp3) is 0.920. The van der Waals surface area contributed by atoms with E-state index >= 15 is 0 Å². The quantitative estimate of drug-likeness (QED) is 0.180. The van der Waals surface area contributed by atoms with Gasteiger partial charge in [-0.05, 0) is 43.4 Å². The summed E-state index contributed by atoms with van der Waals surface area (Å²) in [6.45, 7) is 13.8. The molecule has 2 unspecified atom stereocenters. The third-order valence-electron chi connectivity index (χ3n) is 5.66. The molecule has 0 aliphatic heterocycles. The molecule has 0 aliphatic carbocycles. The Balaban J connectivity index is 3.55. The van der Waals surface area contributed by atoms with Gasteiger partial charge in [0.2, 0.25) is 0 Å². The van der Waals surface area contributed by atoms with E-state index in [1.807, 2.05) is 6.92 Å². The highest BCUT2D eigenvalue weighted by atomic mass is 16.5. The van der Waals surface area contributed by atoms with Crippen molar-refractivity contribution in [2.24, 2.45) is 23.7 Å². The number of esters is 2. The van der Waals surface area contributed by atoms with Crippen LogP contribution in [0.25, 0.3) is 0 Å². The Hall–Kier alpha value is -1.06. The molecule has 2 atom stereocenters. The van der Waals surface area contributed by atoms with Crippen LogP contribution >= 0.6 is 0 Å². The topological polar surface area (TPSA) is 52.6 Å². The van der Waals surface area contributed by atoms with Crippen LogP contribution in [0.3, 0.4) is 0 Å². The minimum absolute atomic E-state index is 0.0116. The highest BCUT2D eigenvalue weighted by molar-refractivity contribution is 5.72. The summed E-state index contributed by atoms with van der Waals surface area (Å²) in [7, 11) is 0. The fourth-order valence-corrected chi connectivity index (χ4v) is 3.11. The van der Waals surface area contributed by atoms with Crippen LogP contribution in [0.1, 0.15) is 112 Å². The molecule has 0 bridgehead atoms. The number of hydrogen-bond acceptors (Lipinski definition) is 4. The molecule has 0 radical (unpaired) electrons. The summed E-state index contributed by atoms with van der Waals surface area (Å²) in [6, 6.07) is 0. The lowest BCUT2D eigenvalue weighted by atomic mass is 9.90. The number of ether oxygens (including phenoxy) is 2. The van der Waals surface area contributed by atoms with Crippen molar-refractivity contribution in [1.82, 2.24) is 0 Å². The van der Waals surface area contributed by atoms with Gasteiger partial charge in [0.1, 0.15) is 0 Å². The summed E-state index contributed by atoms with van der Waals surface area (Å²) in [4.78, 5) is 23.7. The molecule has 4 heteroatoms. The summed E-state index contributed by atoms with van der Waals surface area (Å²) >= 11 is 0. The molecule has 4 nitrogen and oxygen atoms in total. The molecule has 29 heavy (non-hydrogen) atoms. The summed E-state index contributed by atoms with van der Waals surface area (Å²) < 4.78 is 10.6. The van der Waals surface area contributed by atoms with Crippen molar-refractivity contribution in [3.8, 4) is 0 Å². The average molecular weight is 413 g/mol. The molecule has 0 spiro atoms. The van der Waals surface area contributed by atoms with E-state index in [4.69, 9.17) is 9.47 Å². The number of unbranched alkanes of at least 4 members (excludes halogenated alkanes) is 6. The molecule has 0 saturated carbocycles. The van der Waals surface area contributed by atoms with Crippen LogP contribution in [0.5, 0.6) is 0 Å². The van der Waals surface area contributed by atoms with Crippen molar-refractivity contribution >= 4 is 11.9 Å². The number of carbonyl (C=O) groups is 2. The van der Waals surface area contributed by atoms with Crippen LogP contribution in [-0.4, -0.2) is 25.2 Å². The minimum Gasteiger partial charge on any atom is -0.466 e. The van der Waals surface area contributed by atoms with Gasteiger partial charge >= 0.3 is 11.9 Å². The van der Waals surface area contributed by atoms with E-state index < -0.39 is 0 Å². The summed E-state index contributed by atoms with van der Waals surface area (Å²) in [5.41, 5.74) is 0. The van der Waals surface area contributed by atoms with Gasteiger partial charge in [0.25, 0.3) is 0 Å². The second kappa shape index (κ2) is 17.8. The predicted molar refractivity (Wildman–Crippen MR) is 121 cm³/mol. The van der Waals surface area contributed by atoms with Crippen molar-refractivity contribution < 1.29 is 19.1 Å². The molecule has 0 aromatic heterocycles. The monoisotopic (exact) mass is 412 g/mol. The molecular weight excluding hydrogens is 364 g/mol. The van der Waals surface area contributed by atoms with E-state index in [1.165, 1.54) is 32.1 Å². The van der Waals surface area contributed by atoms with Gasteiger partial charge in [-0.1, -0.05) is 80.1 Å². The van der Waals surface area contributed by atoms with Crippen LogP contribution in [0.15, 0.2) is 0 Å².